The maximum absolute atomic E-state index is 11.1. The second kappa shape index (κ2) is 6.55. The number of methoxy groups -OCH3 is 1. The van der Waals surface area contributed by atoms with Crippen molar-refractivity contribution in [2.45, 2.75) is 17.5 Å². The van der Waals surface area contributed by atoms with E-state index in [1.54, 1.807) is 7.11 Å². The molecule has 0 saturated heterocycles. The molecule has 0 radical (unpaired) electrons. The minimum absolute atomic E-state index is 0.310. The number of nitrogens with one attached hydrogen (secondary N) is 2. The van der Waals surface area contributed by atoms with Crippen LogP contribution in [0.2, 0.25) is 5.02 Å². The summed E-state index contributed by atoms with van der Waals surface area (Å²) >= 11 is 7.52. The maximum Gasteiger partial charge on any atom is 0.340 e. The smallest absolute Gasteiger partial charge is 0.340 e. The standard InChI is InChI=1S/C13H14ClN5O2S/c1-21-5-4-19-10-3-2-8(14)6-9(10)15-13(19)22-7-11-16-12(20)18-17-11/h2-3,6H,4-5,7H2,1H3,(H2,16,17,18,20). The molecule has 2 N–H and O–H groups in total. The second-order valence-corrected chi connectivity index (χ2v) is 5.96. The number of ether oxygens (including phenoxy) is 1. The van der Waals surface area contributed by atoms with Gasteiger partial charge in [0.1, 0.15) is 5.82 Å². The van der Waals surface area contributed by atoms with Crippen LogP contribution in [0.5, 0.6) is 0 Å². The van der Waals surface area contributed by atoms with Gasteiger partial charge in [-0.2, -0.15) is 5.10 Å². The Morgan fingerprint density at radius 3 is 3.05 bits per heavy atom. The first-order valence-corrected chi connectivity index (χ1v) is 7.95. The number of nitrogens with zero attached hydrogens (tertiary/aromatic N) is 3. The minimum atomic E-state index is -0.310. The van der Waals surface area contributed by atoms with Gasteiger partial charge < -0.3 is 9.30 Å². The van der Waals surface area contributed by atoms with Crippen LogP contribution < -0.4 is 5.69 Å². The summed E-state index contributed by atoms with van der Waals surface area (Å²) in [6.45, 7) is 1.27. The van der Waals surface area contributed by atoms with Crippen LogP contribution in [0.25, 0.3) is 11.0 Å². The molecule has 0 aliphatic carbocycles. The molecule has 0 aliphatic rings. The molecule has 116 valence electrons. The van der Waals surface area contributed by atoms with Crippen molar-refractivity contribution in [1.29, 1.82) is 0 Å². The molecular formula is C13H14ClN5O2S. The van der Waals surface area contributed by atoms with Crippen molar-refractivity contribution in [1.82, 2.24) is 24.7 Å². The van der Waals surface area contributed by atoms with Gasteiger partial charge in [0.2, 0.25) is 0 Å². The third-order valence-corrected chi connectivity index (χ3v) is 4.31. The summed E-state index contributed by atoms with van der Waals surface area (Å²) in [7, 11) is 1.66. The van der Waals surface area contributed by atoms with Gasteiger partial charge in [0.25, 0.3) is 0 Å². The van der Waals surface area contributed by atoms with E-state index >= 15 is 0 Å². The molecular weight excluding hydrogens is 326 g/mol. The molecule has 0 unspecified atom stereocenters. The number of fused-ring (bicyclic) bond motifs is 1. The fourth-order valence-corrected chi connectivity index (χ4v) is 3.17. The molecule has 3 rings (SSSR count). The Hall–Kier alpha value is -1.77. The van der Waals surface area contributed by atoms with Crippen LogP contribution in [0.1, 0.15) is 5.82 Å². The Balaban J connectivity index is 1.90. The molecule has 2 heterocycles. The van der Waals surface area contributed by atoms with E-state index in [-0.39, 0.29) is 5.69 Å². The molecule has 0 aliphatic heterocycles. The minimum Gasteiger partial charge on any atom is -0.383 e. The average Bonchev–Trinajstić information content (AvgIpc) is 3.06. The number of imidazole rings is 1. The molecule has 3 aromatic rings. The first-order chi connectivity index (χ1) is 10.7. The number of hydrogen-bond donors (Lipinski definition) is 2. The third-order valence-electron chi connectivity index (χ3n) is 3.08. The summed E-state index contributed by atoms with van der Waals surface area (Å²) in [6.07, 6.45) is 0. The van der Waals surface area contributed by atoms with Gasteiger partial charge in [-0.1, -0.05) is 23.4 Å². The number of thioether (sulfide) groups is 1. The number of aromatic amines is 2. The van der Waals surface area contributed by atoms with Crippen LogP contribution in [0.15, 0.2) is 28.2 Å². The molecule has 22 heavy (non-hydrogen) atoms. The highest BCUT2D eigenvalue weighted by molar-refractivity contribution is 7.98. The molecule has 0 bridgehead atoms. The van der Waals surface area contributed by atoms with Gasteiger partial charge in [-0.15, -0.1) is 0 Å². The summed E-state index contributed by atoms with van der Waals surface area (Å²) in [6, 6.07) is 5.62. The lowest BCUT2D eigenvalue weighted by molar-refractivity contribution is 0.186. The Bertz CT molecular complexity index is 840. The SMILES string of the molecule is COCCn1c(SCc2n[nH]c(=O)[nH]2)nc2cc(Cl)ccc21. The lowest BCUT2D eigenvalue weighted by Gasteiger charge is -2.07. The highest BCUT2D eigenvalue weighted by Crippen LogP contribution is 2.27. The number of rotatable bonds is 6. The van der Waals surface area contributed by atoms with Crippen LogP contribution in [-0.2, 0) is 17.0 Å². The van der Waals surface area contributed by atoms with Gasteiger partial charge in [0, 0.05) is 18.7 Å². The van der Waals surface area contributed by atoms with Gasteiger partial charge in [-0.05, 0) is 18.2 Å². The Labute approximate surface area is 135 Å². The average molecular weight is 340 g/mol. The van der Waals surface area contributed by atoms with Crippen LogP contribution in [0.4, 0.5) is 0 Å². The number of hydrogen-bond acceptors (Lipinski definition) is 5. The fraction of sp³-hybridized carbons (Fsp3) is 0.308. The van der Waals surface area contributed by atoms with Crippen LogP contribution >= 0.6 is 23.4 Å². The van der Waals surface area contributed by atoms with E-state index in [2.05, 4.69) is 24.7 Å². The molecule has 1 aromatic carbocycles. The van der Waals surface area contributed by atoms with E-state index in [0.29, 0.717) is 29.8 Å². The highest BCUT2D eigenvalue weighted by Gasteiger charge is 2.12. The van der Waals surface area contributed by atoms with Crippen LogP contribution in [0.3, 0.4) is 0 Å². The summed E-state index contributed by atoms with van der Waals surface area (Å²) in [5.41, 5.74) is 1.52. The largest absolute Gasteiger partial charge is 0.383 e. The quantitative estimate of drug-likeness (QED) is 0.671. The molecule has 0 amide bonds. The molecule has 7 nitrogen and oxygen atoms in total. The molecule has 0 spiro atoms. The molecule has 0 fully saturated rings. The van der Waals surface area contributed by atoms with E-state index in [4.69, 9.17) is 16.3 Å². The van der Waals surface area contributed by atoms with E-state index in [1.165, 1.54) is 11.8 Å². The first-order valence-electron chi connectivity index (χ1n) is 6.58. The number of benzene rings is 1. The Kier molecular flexibility index (Phi) is 4.51. The lowest BCUT2D eigenvalue weighted by Crippen LogP contribution is -2.05. The monoisotopic (exact) mass is 339 g/mol. The lowest BCUT2D eigenvalue weighted by atomic mass is 10.3. The van der Waals surface area contributed by atoms with Gasteiger partial charge in [-0.25, -0.2) is 14.9 Å². The molecule has 0 saturated carbocycles. The van der Waals surface area contributed by atoms with Crippen molar-refractivity contribution in [3.8, 4) is 0 Å². The predicted molar refractivity (Wildman–Crippen MR) is 85.4 cm³/mol. The zero-order valence-corrected chi connectivity index (χ0v) is 13.4. The predicted octanol–water partition coefficient (Wildman–Crippen LogP) is 2.04. The Morgan fingerprint density at radius 1 is 1.45 bits per heavy atom. The second-order valence-electron chi connectivity index (χ2n) is 4.58. The van der Waals surface area contributed by atoms with Crippen molar-refractivity contribution >= 4 is 34.4 Å². The van der Waals surface area contributed by atoms with Gasteiger partial charge in [0.05, 0.1) is 23.4 Å². The summed E-state index contributed by atoms with van der Waals surface area (Å²) in [4.78, 5) is 18.3. The number of aromatic nitrogens is 5. The van der Waals surface area contributed by atoms with Crippen molar-refractivity contribution in [2.75, 3.05) is 13.7 Å². The Morgan fingerprint density at radius 2 is 2.32 bits per heavy atom. The molecule has 9 heteroatoms. The molecule has 2 aromatic heterocycles. The van der Waals surface area contributed by atoms with Crippen LogP contribution in [-0.4, -0.2) is 38.4 Å². The van der Waals surface area contributed by atoms with Gasteiger partial charge in [-0.3, -0.25) is 4.98 Å². The van der Waals surface area contributed by atoms with Crippen molar-refractivity contribution in [3.05, 3.63) is 39.5 Å². The summed E-state index contributed by atoms with van der Waals surface area (Å²) in [5, 5.41) is 7.72. The normalized spacial score (nSPS) is 11.4. The number of halogens is 1. The highest BCUT2D eigenvalue weighted by atomic mass is 35.5. The zero-order valence-electron chi connectivity index (χ0n) is 11.8. The van der Waals surface area contributed by atoms with E-state index in [0.717, 1.165) is 16.2 Å². The topological polar surface area (TPSA) is 88.6 Å². The summed E-state index contributed by atoms with van der Waals surface area (Å²) in [5.74, 6) is 1.10. The van der Waals surface area contributed by atoms with Crippen molar-refractivity contribution < 1.29 is 4.74 Å². The van der Waals surface area contributed by atoms with E-state index in [9.17, 15) is 4.79 Å². The summed E-state index contributed by atoms with van der Waals surface area (Å²) < 4.78 is 7.23. The first kappa shape index (κ1) is 15.1. The zero-order chi connectivity index (χ0) is 15.5. The fourth-order valence-electron chi connectivity index (χ4n) is 2.10. The van der Waals surface area contributed by atoms with E-state index in [1.807, 2.05) is 18.2 Å². The maximum atomic E-state index is 11.1. The van der Waals surface area contributed by atoms with Crippen molar-refractivity contribution in [2.24, 2.45) is 0 Å². The van der Waals surface area contributed by atoms with Gasteiger partial charge in [0.15, 0.2) is 5.16 Å². The van der Waals surface area contributed by atoms with Gasteiger partial charge >= 0.3 is 5.69 Å². The number of H-pyrrole nitrogens is 2. The molecule has 0 atom stereocenters. The van der Waals surface area contributed by atoms with Crippen molar-refractivity contribution in [3.63, 3.8) is 0 Å². The van der Waals surface area contributed by atoms with E-state index < -0.39 is 0 Å². The third kappa shape index (κ3) is 3.18. The van der Waals surface area contributed by atoms with Crippen LogP contribution in [0, 0.1) is 0 Å².